The third-order valence-electron chi connectivity index (χ3n) is 8.60. The van der Waals surface area contributed by atoms with Crippen molar-refractivity contribution in [3.05, 3.63) is 11.6 Å². The largest absolute Gasteiger partial charge is 0.537 e. The first-order valence-corrected chi connectivity index (χ1v) is 10.0. The van der Waals surface area contributed by atoms with E-state index in [0.29, 0.717) is 24.2 Å². The number of carboxylic acid groups (broad SMARTS) is 1. The van der Waals surface area contributed by atoms with Crippen molar-refractivity contribution < 1.29 is 20.1 Å². The Bertz CT molecular complexity index is 715. The smallest absolute Gasteiger partial charge is 0.131 e. The molecule has 2 N–H and O–H groups in total. The molecule has 4 rings (SSSR count). The highest BCUT2D eigenvalue weighted by atomic mass is 16.4. The fourth-order valence-electron chi connectivity index (χ4n) is 7.02. The zero-order valence-corrected chi connectivity index (χ0v) is 15.8. The highest BCUT2D eigenvalue weighted by Crippen LogP contribution is 2.67. The predicted octanol–water partition coefficient (Wildman–Crippen LogP) is 1.79. The third-order valence-corrected chi connectivity index (χ3v) is 8.60. The summed E-state index contributed by atoms with van der Waals surface area (Å²) < 4.78 is 0. The highest BCUT2D eigenvalue weighted by Gasteiger charge is 2.63. The lowest BCUT2D eigenvalue weighted by molar-refractivity contribution is -0.296. The van der Waals surface area contributed by atoms with Crippen LogP contribution in [0.5, 0.6) is 0 Å². The van der Waals surface area contributed by atoms with Gasteiger partial charge in [-0.25, -0.2) is 0 Å². The summed E-state index contributed by atoms with van der Waals surface area (Å²) in [6.07, 6.45) is 9.26. The van der Waals surface area contributed by atoms with Gasteiger partial charge >= 0.3 is 0 Å². The molecule has 4 heteroatoms. The minimum absolute atomic E-state index is 0.168. The summed E-state index contributed by atoms with van der Waals surface area (Å²) in [5.41, 5.74) is 0.0232. The summed E-state index contributed by atoms with van der Waals surface area (Å²) >= 11 is 0. The van der Waals surface area contributed by atoms with Gasteiger partial charge in [0, 0.05) is 5.41 Å². The number of carbonyl (C=O) groups is 1. The van der Waals surface area contributed by atoms with Gasteiger partial charge < -0.3 is 20.1 Å². The van der Waals surface area contributed by atoms with Crippen molar-refractivity contribution in [3.63, 3.8) is 0 Å². The molecule has 26 heavy (non-hydrogen) atoms. The number of aliphatic carboxylic acids is 1. The maximum atomic E-state index is 11.2. The van der Waals surface area contributed by atoms with E-state index in [-0.39, 0.29) is 16.9 Å². The topological polar surface area (TPSA) is 80.6 Å². The average Bonchev–Trinajstić information content (AvgIpc) is 2.86. The summed E-state index contributed by atoms with van der Waals surface area (Å²) in [7, 11) is 0. The minimum Gasteiger partial charge on any atom is -0.537 e. The molecule has 0 radical (unpaired) electrons. The quantitative estimate of drug-likeness (QED) is 0.512. The van der Waals surface area contributed by atoms with E-state index in [2.05, 4.69) is 31.8 Å². The van der Waals surface area contributed by atoms with Crippen LogP contribution in [0.4, 0.5) is 0 Å². The monoisotopic (exact) mass is 357 g/mol. The molecular formula is C22H29O4-. The lowest BCUT2D eigenvalue weighted by Crippen LogP contribution is -2.54. The van der Waals surface area contributed by atoms with E-state index < -0.39 is 11.6 Å². The molecule has 7 atom stereocenters. The molecule has 0 unspecified atom stereocenters. The number of hydrogen-bond donors (Lipinski definition) is 2. The van der Waals surface area contributed by atoms with Crippen LogP contribution in [-0.2, 0) is 4.79 Å². The van der Waals surface area contributed by atoms with Crippen molar-refractivity contribution in [1.82, 2.24) is 0 Å². The van der Waals surface area contributed by atoms with Crippen molar-refractivity contribution in [1.29, 1.82) is 0 Å². The fraction of sp³-hybridized carbons (Fsp3) is 0.773. The molecule has 3 fully saturated rings. The van der Waals surface area contributed by atoms with E-state index in [4.69, 9.17) is 0 Å². The zero-order valence-electron chi connectivity index (χ0n) is 15.8. The number of rotatable bonds is 0. The Labute approximate surface area is 155 Å². The number of aliphatic hydroxyl groups excluding tert-OH is 1. The summed E-state index contributed by atoms with van der Waals surface area (Å²) in [6.45, 7) is 4.48. The van der Waals surface area contributed by atoms with Crippen LogP contribution < -0.4 is 5.11 Å². The molecule has 0 aromatic heterocycles. The second kappa shape index (κ2) is 5.84. The van der Waals surface area contributed by atoms with E-state index in [1.54, 1.807) is 0 Å². The normalized spacial score (nSPS) is 49.8. The molecule has 0 aromatic rings. The maximum Gasteiger partial charge on any atom is 0.131 e. The second-order valence-electron chi connectivity index (χ2n) is 9.55. The molecule has 0 amide bonds. The minimum atomic E-state index is -1.42. The first-order chi connectivity index (χ1) is 12.2. The molecule has 4 nitrogen and oxygen atoms in total. The first kappa shape index (κ1) is 18.1. The molecule has 0 aliphatic heterocycles. The van der Waals surface area contributed by atoms with Gasteiger partial charge in [-0.2, -0.15) is 0 Å². The van der Waals surface area contributed by atoms with Crippen molar-refractivity contribution >= 4 is 5.97 Å². The standard InChI is InChI=1S/C22H30O4/c1-20-9-5-15(23)13-14(20)3-4-16-17(20)6-10-21(2)18(16)7-11-22(21,26)12-8-19(24)25/h3,15-18,23,26H,4-7,9-11,13H2,1-2H3,(H,24,25)/p-1/t15-,16-,17+,18-,20-,21-,22-/m1/s1. The van der Waals surface area contributed by atoms with E-state index in [1.807, 2.05) is 0 Å². The van der Waals surface area contributed by atoms with Gasteiger partial charge in [-0.3, -0.25) is 0 Å². The molecule has 0 heterocycles. The van der Waals surface area contributed by atoms with Crippen LogP contribution in [0.25, 0.3) is 0 Å². The second-order valence-corrected chi connectivity index (χ2v) is 9.55. The lowest BCUT2D eigenvalue weighted by Gasteiger charge is -2.58. The highest BCUT2D eigenvalue weighted by molar-refractivity contribution is 5.84. The Morgan fingerprint density at radius 2 is 1.92 bits per heavy atom. The van der Waals surface area contributed by atoms with Gasteiger partial charge in [-0.05, 0) is 80.5 Å². The summed E-state index contributed by atoms with van der Waals surface area (Å²) in [5.74, 6) is 4.78. The van der Waals surface area contributed by atoms with E-state index in [0.717, 1.165) is 44.9 Å². The molecule has 142 valence electrons. The number of fused-ring (bicyclic) bond motifs is 5. The zero-order chi connectivity index (χ0) is 18.7. The van der Waals surface area contributed by atoms with Crippen molar-refractivity contribution in [2.75, 3.05) is 0 Å². The van der Waals surface area contributed by atoms with Gasteiger partial charge in [0.15, 0.2) is 0 Å². The molecule has 4 aliphatic rings. The molecule has 4 aliphatic carbocycles. The molecule has 0 saturated heterocycles. The molecular weight excluding hydrogens is 328 g/mol. The Hall–Kier alpha value is -1.31. The van der Waals surface area contributed by atoms with Crippen molar-refractivity contribution in [2.45, 2.75) is 76.9 Å². The van der Waals surface area contributed by atoms with Gasteiger partial charge in [0.2, 0.25) is 0 Å². The molecule has 3 saturated carbocycles. The number of allylic oxidation sites excluding steroid dienone is 1. The Kier molecular flexibility index (Phi) is 4.06. The average molecular weight is 357 g/mol. The lowest BCUT2D eigenvalue weighted by atomic mass is 9.47. The van der Waals surface area contributed by atoms with E-state index >= 15 is 0 Å². The van der Waals surface area contributed by atoms with Gasteiger partial charge in [0.1, 0.15) is 11.6 Å². The van der Waals surface area contributed by atoms with Gasteiger partial charge in [0.25, 0.3) is 0 Å². The van der Waals surface area contributed by atoms with Gasteiger partial charge in [-0.15, -0.1) is 0 Å². The SMILES string of the molecule is C[C@@]12CC[C@@H](O)CC1=CC[C@H]1[C@H]3CC[C@@](O)(C#CC(=O)[O-])[C@]3(C)CC[C@@H]12. The van der Waals surface area contributed by atoms with E-state index in [9.17, 15) is 20.1 Å². The van der Waals surface area contributed by atoms with Crippen LogP contribution in [0.3, 0.4) is 0 Å². The van der Waals surface area contributed by atoms with Crippen LogP contribution in [0.1, 0.15) is 65.2 Å². The van der Waals surface area contributed by atoms with Crippen LogP contribution in [0.2, 0.25) is 0 Å². The number of aliphatic hydroxyl groups is 2. The van der Waals surface area contributed by atoms with Crippen molar-refractivity contribution in [3.8, 4) is 11.8 Å². The van der Waals surface area contributed by atoms with Crippen molar-refractivity contribution in [2.24, 2.45) is 28.6 Å². The molecule has 0 spiro atoms. The Morgan fingerprint density at radius 1 is 1.19 bits per heavy atom. The number of carbonyl (C=O) groups excluding carboxylic acids is 1. The van der Waals surface area contributed by atoms with Gasteiger partial charge in [0.05, 0.1) is 6.10 Å². The maximum absolute atomic E-state index is 11.2. The van der Waals surface area contributed by atoms with Crippen LogP contribution in [-0.4, -0.2) is 27.9 Å². The third kappa shape index (κ3) is 2.40. The first-order valence-electron chi connectivity index (χ1n) is 10.0. The number of carboxylic acids is 1. The fourth-order valence-corrected chi connectivity index (χ4v) is 7.02. The predicted molar refractivity (Wildman–Crippen MR) is 95.4 cm³/mol. The van der Waals surface area contributed by atoms with E-state index in [1.165, 1.54) is 5.57 Å². The molecule has 0 bridgehead atoms. The summed E-state index contributed by atoms with van der Waals surface area (Å²) in [4.78, 5) is 10.8. The molecule has 0 aromatic carbocycles. The summed E-state index contributed by atoms with van der Waals surface area (Å²) in [5, 5.41) is 32.1. The Morgan fingerprint density at radius 3 is 2.65 bits per heavy atom. The number of hydrogen-bond acceptors (Lipinski definition) is 4. The summed E-state index contributed by atoms with van der Waals surface area (Å²) in [6, 6.07) is 0. The van der Waals surface area contributed by atoms with Gasteiger partial charge in [-0.1, -0.05) is 31.4 Å². The Balaban J connectivity index is 1.66. The van der Waals surface area contributed by atoms with Crippen LogP contribution >= 0.6 is 0 Å². The van der Waals surface area contributed by atoms with Crippen LogP contribution in [0, 0.1) is 40.4 Å². The van der Waals surface area contributed by atoms with Crippen LogP contribution in [0.15, 0.2) is 11.6 Å².